The van der Waals surface area contributed by atoms with Gasteiger partial charge in [0.2, 0.25) is 0 Å². The first-order valence-corrected chi connectivity index (χ1v) is 11.5. The lowest BCUT2D eigenvalue weighted by atomic mass is 10.1. The summed E-state index contributed by atoms with van der Waals surface area (Å²) in [5.74, 6) is -0.552. The molecule has 0 fully saturated rings. The molecule has 0 amide bonds. The van der Waals surface area contributed by atoms with Crippen molar-refractivity contribution in [2.75, 3.05) is 13.2 Å². The molecule has 4 heteroatoms. The van der Waals surface area contributed by atoms with Crippen LogP contribution in [-0.4, -0.2) is 35.5 Å². The molecule has 0 spiro atoms. The van der Waals surface area contributed by atoms with Crippen molar-refractivity contribution in [3.63, 3.8) is 0 Å². The maximum atomic E-state index is 11.3. The van der Waals surface area contributed by atoms with E-state index in [2.05, 4.69) is 19.1 Å². The molecular formula is C26H42O4. The number of ether oxygens (including phenoxy) is 1. The number of unbranched alkanes of at least 4 members (excludes halogenated alkanes) is 10. The molecule has 0 aliphatic carbocycles. The first kappa shape index (κ1) is 28.1. The fourth-order valence-electron chi connectivity index (χ4n) is 2.72. The van der Waals surface area contributed by atoms with Gasteiger partial charge in [0.15, 0.2) is 0 Å². The first-order valence-electron chi connectivity index (χ1n) is 11.5. The van der Waals surface area contributed by atoms with E-state index in [1.54, 1.807) is 12.2 Å². The van der Waals surface area contributed by atoms with Gasteiger partial charge in [-0.1, -0.05) is 119 Å². The molecule has 1 unspecified atom stereocenters. The van der Waals surface area contributed by atoms with Crippen molar-refractivity contribution in [1.29, 1.82) is 0 Å². The molecular weight excluding hydrogens is 376 g/mol. The van der Waals surface area contributed by atoms with Gasteiger partial charge in [-0.05, 0) is 12.8 Å². The Hall–Kier alpha value is -1.91. The quantitative estimate of drug-likeness (QED) is 0.117. The van der Waals surface area contributed by atoms with E-state index >= 15 is 0 Å². The number of hydrogen-bond acceptors (Lipinski definition) is 4. The zero-order valence-electron chi connectivity index (χ0n) is 18.8. The predicted octanol–water partition coefficient (Wildman–Crippen LogP) is 5.97. The third-order valence-electron chi connectivity index (χ3n) is 4.50. The van der Waals surface area contributed by atoms with Gasteiger partial charge in [0.1, 0.15) is 12.7 Å². The molecule has 0 aromatic rings. The molecule has 0 aromatic heterocycles. The summed E-state index contributed by atoms with van der Waals surface area (Å²) in [5, 5.41) is 17.7. The summed E-state index contributed by atoms with van der Waals surface area (Å²) in [5.41, 5.74) is 0. The van der Waals surface area contributed by atoms with Crippen LogP contribution < -0.4 is 0 Å². The van der Waals surface area contributed by atoms with Crippen LogP contribution in [0.2, 0.25) is 0 Å². The highest BCUT2D eigenvalue weighted by molar-refractivity contribution is 5.82. The molecule has 2 N–H and O–H groups in total. The zero-order valence-corrected chi connectivity index (χ0v) is 18.8. The second-order valence-electron chi connectivity index (χ2n) is 7.38. The van der Waals surface area contributed by atoms with Crippen molar-refractivity contribution in [3.8, 4) is 0 Å². The summed E-state index contributed by atoms with van der Waals surface area (Å²) in [6, 6.07) is 0. The van der Waals surface area contributed by atoms with Crippen LogP contribution in [-0.2, 0) is 9.53 Å². The third kappa shape index (κ3) is 22.4. The fourth-order valence-corrected chi connectivity index (χ4v) is 2.72. The summed E-state index contributed by atoms with van der Waals surface area (Å²) in [4.78, 5) is 11.3. The SMILES string of the molecule is CCCCCCCCCCCCC=CC=CC=CC=CC=CC(=O)OCC(O)CO. The number of rotatable bonds is 19. The molecule has 0 radical (unpaired) electrons. The second-order valence-corrected chi connectivity index (χ2v) is 7.38. The highest BCUT2D eigenvalue weighted by atomic mass is 16.5. The van der Waals surface area contributed by atoms with E-state index in [0.717, 1.165) is 6.42 Å². The molecule has 4 nitrogen and oxygen atoms in total. The highest BCUT2D eigenvalue weighted by Crippen LogP contribution is 2.11. The number of hydrogen-bond donors (Lipinski definition) is 2. The molecule has 30 heavy (non-hydrogen) atoms. The molecule has 0 heterocycles. The lowest BCUT2D eigenvalue weighted by Crippen LogP contribution is -2.21. The third-order valence-corrected chi connectivity index (χ3v) is 4.50. The number of carbonyl (C=O) groups excluding carboxylic acids is 1. The van der Waals surface area contributed by atoms with Crippen LogP contribution in [0.25, 0.3) is 0 Å². The van der Waals surface area contributed by atoms with Crippen LogP contribution >= 0.6 is 0 Å². The van der Waals surface area contributed by atoms with Crippen LogP contribution in [0.4, 0.5) is 0 Å². The molecule has 0 aromatic carbocycles. The maximum absolute atomic E-state index is 11.3. The molecule has 170 valence electrons. The number of carbonyl (C=O) groups is 1. The van der Waals surface area contributed by atoms with Gasteiger partial charge < -0.3 is 14.9 Å². The number of aliphatic hydroxyl groups excluding tert-OH is 2. The van der Waals surface area contributed by atoms with E-state index in [1.807, 2.05) is 30.4 Å². The number of esters is 1. The number of aliphatic hydroxyl groups is 2. The van der Waals surface area contributed by atoms with E-state index in [1.165, 1.54) is 70.3 Å². The molecule has 0 saturated carbocycles. The summed E-state index contributed by atoms with van der Waals surface area (Å²) < 4.78 is 4.73. The van der Waals surface area contributed by atoms with Crippen molar-refractivity contribution in [2.24, 2.45) is 0 Å². The van der Waals surface area contributed by atoms with Gasteiger partial charge in [-0.25, -0.2) is 4.79 Å². The standard InChI is InChI=1S/C26H42O4/c1-2-3-4-5-6-7-8-9-10-11-12-13-14-15-16-17-18-19-20-21-22-26(29)30-24-25(28)23-27/h13-22,25,27-28H,2-12,23-24H2,1H3. The lowest BCUT2D eigenvalue weighted by molar-refractivity contribution is -0.141. The molecule has 0 aliphatic heterocycles. The zero-order chi connectivity index (χ0) is 22.1. The van der Waals surface area contributed by atoms with E-state index in [4.69, 9.17) is 14.9 Å². The maximum Gasteiger partial charge on any atom is 0.330 e. The van der Waals surface area contributed by atoms with E-state index in [0.29, 0.717) is 0 Å². The van der Waals surface area contributed by atoms with Gasteiger partial charge in [-0.15, -0.1) is 0 Å². The molecule has 0 aliphatic rings. The van der Waals surface area contributed by atoms with Gasteiger partial charge in [0.05, 0.1) is 6.61 Å². The van der Waals surface area contributed by atoms with E-state index < -0.39 is 18.7 Å². The Morgan fingerprint density at radius 1 is 0.767 bits per heavy atom. The summed E-state index contributed by atoms with van der Waals surface area (Å²) >= 11 is 0. The largest absolute Gasteiger partial charge is 0.460 e. The summed E-state index contributed by atoms with van der Waals surface area (Å²) in [6.45, 7) is 1.63. The number of allylic oxidation sites excluding steroid dienone is 9. The van der Waals surface area contributed by atoms with Crippen molar-refractivity contribution >= 4 is 5.97 Å². The highest BCUT2D eigenvalue weighted by Gasteiger charge is 2.04. The van der Waals surface area contributed by atoms with Crippen molar-refractivity contribution < 1.29 is 19.7 Å². The van der Waals surface area contributed by atoms with Crippen LogP contribution in [0.5, 0.6) is 0 Å². The topological polar surface area (TPSA) is 66.8 Å². The average molecular weight is 419 g/mol. The fraction of sp³-hybridized carbons (Fsp3) is 0.577. The van der Waals surface area contributed by atoms with Crippen molar-refractivity contribution in [3.05, 3.63) is 60.8 Å². The minimum Gasteiger partial charge on any atom is -0.460 e. The van der Waals surface area contributed by atoms with Gasteiger partial charge in [0.25, 0.3) is 0 Å². The Bertz CT molecular complexity index is 529. The summed E-state index contributed by atoms with van der Waals surface area (Å²) in [6.07, 6.45) is 32.2. The monoisotopic (exact) mass is 418 g/mol. The Morgan fingerprint density at radius 2 is 1.27 bits per heavy atom. The normalized spacial score (nSPS) is 13.6. The van der Waals surface area contributed by atoms with Gasteiger partial charge in [-0.3, -0.25) is 0 Å². The Morgan fingerprint density at radius 3 is 1.83 bits per heavy atom. The molecule has 1 atom stereocenters. The average Bonchev–Trinajstić information content (AvgIpc) is 2.76. The molecule has 0 bridgehead atoms. The minimum absolute atomic E-state index is 0.208. The smallest absolute Gasteiger partial charge is 0.330 e. The summed E-state index contributed by atoms with van der Waals surface area (Å²) in [7, 11) is 0. The van der Waals surface area contributed by atoms with Crippen LogP contribution in [0.1, 0.15) is 77.6 Å². The molecule has 0 saturated heterocycles. The Balaban J connectivity index is 3.58. The minimum atomic E-state index is -1.03. The molecule has 0 rings (SSSR count). The van der Waals surface area contributed by atoms with Crippen LogP contribution in [0.3, 0.4) is 0 Å². The van der Waals surface area contributed by atoms with Crippen molar-refractivity contribution in [1.82, 2.24) is 0 Å². The van der Waals surface area contributed by atoms with E-state index in [9.17, 15) is 4.79 Å². The Labute approximate surface area is 183 Å². The Kier molecular flexibility index (Phi) is 21.9. The van der Waals surface area contributed by atoms with Gasteiger partial charge in [-0.2, -0.15) is 0 Å². The van der Waals surface area contributed by atoms with E-state index in [-0.39, 0.29) is 6.61 Å². The first-order chi connectivity index (χ1) is 14.7. The van der Waals surface area contributed by atoms with Gasteiger partial charge in [0, 0.05) is 6.08 Å². The van der Waals surface area contributed by atoms with Crippen LogP contribution in [0, 0.1) is 0 Å². The predicted molar refractivity (Wildman–Crippen MR) is 126 cm³/mol. The van der Waals surface area contributed by atoms with Gasteiger partial charge >= 0.3 is 5.97 Å². The second kappa shape index (κ2) is 23.4. The lowest BCUT2D eigenvalue weighted by Gasteiger charge is -2.05. The van der Waals surface area contributed by atoms with Crippen LogP contribution in [0.15, 0.2) is 60.8 Å². The van der Waals surface area contributed by atoms with Crippen molar-refractivity contribution in [2.45, 2.75) is 83.7 Å².